The third-order valence-electron chi connectivity index (χ3n) is 2.70. The molecule has 0 saturated heterocycles. The van der Waals surface area contributed by atoms with Crippen LogP contribution in [-0.4, -0.2) is 31.3 Å². The molecule has 0 aliphatic heterocycles. The highest BCUT2D eigenvalue weighted by Gasteiger charge is 2.16. The van der Waals surface area contributed by atoms with Gasteiger partial charge in [0.25, 0.3) is 0 Å². The highest BCUT2D eigenvalue weighted by molar-refractivity contribution is 5.76. The molecule has 19 heavy (non-hydrogen) atoms. The van der Waals surface area contributed by atoms with Crippen LogP contribution in [0.3, 0.4) is 0 Å². The van der Waals surface area contributed by atoms with Crippen LogP contribution in [0.4, 0.5) is 5.82 Å². The zero-order valence-electron chi connectivity index (χ0n) is 11.0. The van der Waals surface area contributed by atoms with Crippen LogP contribution in [0.1, 0.15) is 0 Å². The van der Waals surface area contributed by atoms with Gasteiger partial charge in [0.15, 0.2) is 11.6 Å². The molecule has 0 bridgehead atoms. The molecule has 1 heterocycles. The maximum atomic E-state index is 5.78. The number of hydrogen-bond donors (Lipinski definition) is 1. The van der Waals surface area contributed by atoms with Gasteiger partial charge in [0.1, 0.15) is 23.5 Å². The van der Waals surface area contributed by atoms with E-state index in [9.17, 15) is 0 Å². The summed E-state index contributed by atoms with van der Waals surface area (Å²) in [6.07, 6.45) is 1.39. The smallest absolute Gasteiger partial charge is 0.187 e. The van der Waals surface area contributed by atoms with Crippen LogP contribution >= 0.6 is 0 Å². The van der Waals surface area contributed by atoms with E-state index in [1.54, 1.807) is 20.3 Å². The Labute approximate surface area is 111 Å². The topological polar surface area (TPSA) is 79.5 Å². The summed E-state index contributed by atoms with van der Waals surface area (Å²) in [5, 5.41) is 0. The summed E-state index contributed by atoms with van der Waals surface area (Å²) in [4.78, 5) is 8.11. The Hall–Kier alpha value is -2.50. The molecule has 0 unspecified atom stereocenters. The molecule has 0 spiro atoms. The van der Waals surface area contributed by atoms with E-state index in [0.29, 0.717) is 22.9 Å². The average molecular weight is 261 g/mol. The molecule has 0 aliphatic carbocycles. The molecule has 100 valence electrons. The number of benzene rings is 1. The van der Waals surface area contributed by atoms with Crippen LogP contribution < -0.4 is 19.9 Å². The Morgan fingerprint density at radius 2 is 1.79 bits per heavy atom. The highest BCUT2D eigenvalue weighted by Crippen LogP contribution is 2.38. The molecule has 0 fully saturated rings. The predicted molar refractivity (Wildman–Crippen MR) is 71.5 cm³/mol. The summed E-state index contributed by atoms with van der Waals surface area (Å²) in [7, 11) is 4.70. The third-order valence-corrected chi connectivity index (χ3v) is 2.70. The minimum atomic E-state index is 0.283. The van der Waals surface area contributed by atoms with Gasteiger partial charge in [-0.25, -0.2) is 9.97 Å². The molecule has 0 atom stereocenters. The van der Waals surface area contributed by atoms with Gasteiger partial charge >= 0.3 is 0 Å². The Bertz CT molecular complexity index is 587. The Kier molecular flexibility index (Phi) is 3.70. The van der Waals surface area contributed by atoms with Crippen molar-refractivity contribution in [1.29, 1.82) is 0 Å². The summed E-state index contributed by atoms with van der Waals surface area (Å²) < 4.78 is 15.8. The summed E-state index contributed by atoms with van der Waals surface area (Å²) in [6.45, 7) is 0. The lowest BCUT2D eigenvalue weighted by atomic mass is 10.1. The van der Waals surface area contributed by atoms with Gasteiger partial charge in [-0.1, -0.05) is 0 Å². The number of nitrogens with zero attached hydrogens (tertiary/aromatic N) is 2. The van der Waals surface area contributed by atoms with Crippen molar-refractivity contribution in [2.75, 3.05) is 27.1 Å². The van der Waals surface area contributed by atoms with Crippen LogP contribution in [0.5, 0.6) is 17.2 Å². The number of methoxy groups -OCH3 is 3. The number of nitrogen functional groups attached to an aromatic ring is 1. The van der Waals surface area contributed by atoms with Gasteiger partial charge in [0, 0.05) is 11.6 Å². The zero-order valence-corrected chi connectivity index (χ0v) is 11.0. The van der Waals surface area contributed by atoms with Crippen LogP contribution in [0, 0.1) is 0 Å². The Balaban J connectivity index is 2.61. The maximum Gasteiger partial charge on any atom is 0.187 e. The Morgan fingerprint density at radius 1 is 1.00 bits per heavy atom. The first-order chi connectivity index (χ1) is 9.21. The van der Waals surface area contributed by atoms with Crippen molar-refractivity contribution >= 4 is 5.82 Å². The van der Waals surface area contributed by atoms with E-state index in [1.165, 1.54) is 13.4 Å². The molecule has 0 radical (unpaired) electrons. The van der Waals surface area contributed by atoms with E-state index in [0.717, 1.165) is 5.56 Å². The SMILES string of the molecule is COc1ccc(-c2ncnc(N)c2OC)c(OC)c1. The van der Waals surface area contributed by atoms with E-state index in [4.69, 9.17) is 19.9 Å². The largest absolute Gasteiger partial charge is 0.497 e. The lowest BCUT2D eigenvalue weighted by Gasteiger charge is -2.13. The molecular formula is C13H15N3O3. The van der Waals surface area contributed by atoms with Crippen molar-refractivity contribution in [2.24, 2.45) is 0 Å². The van der Waals surface area contributed by atoms with Crippen LogP contribution in [0.15, 0.2) is 24.5 Å². The van der Waals surface area contributed by atoms with Crippen LogP contribution in [0.25, 0.3) is 11.3 Å². The first-order valence-corrected chi connectivity index (χ1v) is 5.58. The monoisotopic (exact) mass is 261 g/mol. The molecular weight excluding hydrogens is 246 g/mol. The average Bonchev–Trinajstić information content (AvgIpc) is 2.46. The molecule has 0 amide bonds. The van der Waals surface area contributed by atoms with Gasteiger partial charge in [-0.15, -0.1) is 0 Å². The molecule has 1 aromatic carbocycles. The van der Waals surface area contributed by atoms with Gasteiger partial charge < -0.3 is 19.9 Å². The number of nitrogens with two attached hydrogens (primary N) is 1. The fourth-order valence-electron chi connectivity index (χ4n) is 1.77. The van der Waals surface area contributed by atoms with E-state index in [1.807, 2.05) is 12.1 Å². The normalized spacial score (nSPS) is 10.1. The lowest BCUT2D eigenvalue weighted by Crippen LogP contribution is -2.01. The Morgan fingerprint density at radius 3 is 2.42 bits per heavy atom. The van der Waals surface area contributed by atoms with Crippen molar-refractivity contribution in [3.63, 3.8) is 0 Å². The van der Waals surface area contributed by atoms with Crippen LogP contribution in [-0.2, 0) is 0 Å². The van der Waals surface area contributed by atoms with E-state index < -0.39 is 0 Å². The van der Waals surface area contributed by atoms with E-state index >= 15 is 0 Å². The lowest BCUT2D eigenvalue weighted by molar-refractivity contribution is 0.394. The fraction of sp³-hybridized carbons (Fsp3) is 0.231. The second-order valence-electron chi connectivity index (χ2n) is 3.71. The molecule has 0 saturated carbocycles. The van der Waals surface area contributed by atoms with Gasteiger partial charge in [-0.3, -0.25) is 0 Å². The molecule has 2 aromatic rings. The molecule has 1 aromatic heterocycles. The van der Waals surface area contributed by atoms with Gasteiger partial charge in [0.05, 0.1) is 21.3 Å². The zero-order chi connectivity index (χ0) is 13.8. The number of rotatable bonds is 4. The van der Waals surface area contributed by atoms with Crippen molar-refractivity contribution in [1.82, 2.24) is 9.97 Å². The second-order valence-corrected chi connectivity index (χ2v) is 3.71. The molecule has 0 aliphatic rings. The summed E-state index contributed by atoms with van der Waals surface area (Å²) in [5.74, 6) is 2.02. The summed E-state index contributed by atoms with van der Waals surface area (Å²) in [6, 6.07) is 5.42. The number of hydrogen-bond acceptors (Lipinski definition) is 6. The third kappa shape index (κ3) is 2.37. The highest BCUT2D eigenvalue weighted by atomic mass is 16.5. The molecule has 2 N–H and O–H groups in total. The predicted octanol–water partition coefficient (Wildman–Crippen LogP) is 1.75. The maximum absolute atomic E-state index is 5.78. The number of anilines is 1. The standard InChI is InChI=1S/C13H15N3O3/c1-17-8-4-5-9(10(6-8)18-2)11-12(19-3)13(14)16-7-15-11/h4-7H,1-3H3,(H2,14,15,16). The van der Waals surface area contributed by atoms with E-state index in [2.05, 4.69) is 9.97 Å². The quantitative estimate of drug-likeness (QED) is 0.903. The van der Waals surface area contributed by atoms with Gasteiger partial charge in [0.2, 0.25) is 0 Å². The summed E-state index contributed by atoms with van der Waals surface area (Å²) >= 11 is 0. The first kappa shape index (κ1) is 12.9. The number of aromatic nitrogens is 2. The van der Waals surface area contributed by atoms with E-state index in [-0.39, 0.29) is 5.82 Å². The molecule has 6 nitrogen and oxygen atoms in total. The van der Waals surface area contributed by atoms with Crippen molar-refractivity contribution in [3.05, 3.63) is 24.5 Å². The minimum Gasteiger partial charge on any atom is -0.497 e. The number of ether oxygens (including phenoxy) is 3. The van der Waals surface area contributed by atoms with Crippen LogP contribution in [0.2, 0.25) is 0 Å². The van der Waals surface area contributed by atoms with Gasteiger partial charge in [-0.2, -0.15) is 0 Å². The fourth-order valence-corrected chi connectivity index (χ4v) is 1.77. The minimum absolute atomic E-state index is 0.283. The molecule has 2 rings (SSSR count). The van der Waals surface area contributed by atoms with Crippen molar-refractivity contribution in [3.8, 4) is 28.5 Å². The van der Waals surface area contributed by atoms with Crippen molar-refractivity contribution < 1.29 is 14.2 Å². The second kappa shape index (κ2) is 5.43. The molecule has 6 heteroatoms. The van der Waals surface area contributed by atoms with Gasteiger partial charge in [-0.05, 0) is 12.1 Å². The summed E-state index contributed by atoms with van der Waals surface area (Å²) in [5.41, 5.74) is 7.11. The first-order valence-electron chi connectivity index (χ1n) is 5.58. The van der Waals surface area contributed by atoms with Crippen molar-refractivity contribution in [2.45, 2.75) is 0 Å².